The van der Waals surface area contributed by atoms with Crippen LogP contribution in [0.5, 0.6) is 0 Å². The molecule has 0 bridgehead atoms. The Balaban J connectivity index is 2.39. The molecule has 1 unspecified atom stereocenters. The van der Waals surface area contributed by atoms with Crippen LogP contribution in [0.1, 0.15) is 28.5 Å². The topological polar surface area (TPSA) is 33.1 Å². The molecule has 0 amide bonds. The molecule has 2 nitrogen and oxygen atoms in total. The second-order valence-electron chi connectivity index (χ2n) is 4.49. The van der Waals surface area contributed by atoms with Gasteiger partial charge in [0.25, 0.3) is 0 Å². The zero-order chi connectivity index (χ0) is 15.8. The van der Waals surface area contributed by atoms with Crippen LogP contribution >= 0.6 is 23.2 Å². The number of rotatable bonds is 2. The second kappa shape index (κ2) is 5.83. The number of aliphatic hydroxyl groups excluding tert-OH is 1. The minimum atomic E-state index is -4.58. The highest BCUT2D eigenvalue weighted by Crippen LogP contribution is 2.33. The molecule has 1 atom stereocenters. The summed E-state index contributed by atoms with van der Waals surface area (Å²) in [4.78, 5) is 3.29. The Hall–Kier alpha value is -1.30. The quantitative estimate of drug-likeness (QED) is 0.800. The first-order valence-corrected chi connectivity index (χ1v) is 6.63. The van der Waals surface area contributed by atoms with E-state index < -0.39 is 18.0 Å². The summed E-state index contributed by atoms with van der Waals surface area (Å²) in [7, 11) is 0. The summed E-state index contributed by atoms with van der Waals surface area (Å²) < 4.78 is 37.6. The number of benzene rings is 1. The van der Waals surface area contributed by atoms with Crippen LogP contribution in [0.25, 0.3) is 0 Å². The zero-order valence-corrected chi connectivity index (χ0v) is 12.3. The first-order valence-electron chi connectivity index (χ1n) is 5.88. The van der Waals surface area contributed by atoms with Crippen molar-refractivity contribution in [2.45, 2.75) is 19.2 Å². The van der Waals surface area contributed by atoms with Gasteiger partial charge in [-0.1, -0.05) is 41.4 Å². The molecule has 1 N–H and O–H groups in total. The molecule has 0 saturated carbocycles. The number of aromatic nitrogens is 1. The van der Waals surface area contributed by atoms with Crippen molar-refractivity contribution in [2.75, 3.05) is 0 Å². The SMILES string of the molecule is Cc1cc(C(O)c2ccc(C(F)(F)F)nc2Cl)ccc1Cl. The number of alkyl halides is 3. The van der Waals surface area contributed by atoms with E-state index in [1.54, 1.807) is 25.1 Å². The number of aliphatic hydroxyl groups is 1. The van der Waals surface area contributed by atoms with Gasteiger partial charge in [0.15, 0.2) is 0 Å². The molecule has 0 fully saturated rings. The van der Waals surface area contributed by atoms with Crippen LogP contribution in [0.3, 0.4) is 0 Å². The summed E-state index contributed by atoms with van der Waals surface area (Å²) in [5.41, 5.74) is 0.215. The molecule has 1 aromatic carbocycles. The Morgan fingerprint density at radius 1 is 1.14 bits per heavy atom. The van der Waals surface area contributed by atoms with Crippen molar-refractivity contribution in [3.05, 3.63) is 62.9 Å². The number of hydrogen-bond donors (Lipinski definition) is 1. The molecule has 2 aromatic rings. The number of halogens is 5. The maximum Gasteiger partial charge on any atom is 0.433 e. The fourth-order valence-corrected chi connectivity index (χ4v) is 2.20. The minimum Gasteiger partial charge on any atom is -0.384 e. The minimum absolute atomic E-state index is 0.103. The lowest BCUT2D eigenvalue weighted by Gasteiger charge is -2.15. The van der Waals surface area contributed by atoms with Gasteiger partial charge in [-0.15, -0.1) is 0 Å². The van der Waals surface area contributed by atoms with Crippen molar-refractivity contribution in [1.29, 1.82) is 0 Å². The van der Waals surface area contributed by atoms with Gasteiger partial charge in [0.1, 0.15) is 17.0 Å². The second-order valence-corrected chi connectivity index (χ2v) is 5.25. The predicted molar refractivity (Wildman–Crippen MR) is 74.5 cm³/mol. The molecule has 0 aliphatic heterocycles. The number of nitrogens with zero attached hydrogens (tertiary/aromatic N) is 1. The van der Waals surface area contributed by atoms with E-state index in [1.165, 1.54) is 0 Å². The normalized spacial score (nSPS) is 13.3. The third-order valence-corrected chi connectivity index (χ3v) is 3.69. The number of aryl methyl sites for hydroxylation is 1. The Morgan fingerprint density at radius 3 is 2.33 bits per heavy atom. The average molecular weight is 336 g/mol. The molecule has 21 heavy (non-hydrogen) atoms. The van der Waals surface area contributed by atoms with Crippen molar-refractivity contribution in [3.8, 4) is 0 Å². The maximum atomic E-state index is 12.5. The van der Waals surface area contributed by atoms with Crippen LogP contribution in [0, 0.1) is 6.92 Å². The van der Waals surface area contributed by atoms with Gasteiger partial charge in [-0.05, 0) is 30.2 Å². The van der Waals surface area contributed by atoms with E-state index in [-0.39, 0.29) is 10.7 Å². The highest BCUT2D eigenvalue weighted by Gasteiger charge is 2.33. The average Bonchev–Trinajstić information content (AvgIpc) is 2.40. The summed E-state index contributed by atoms with van der Waals surface area (Å²) in [6.45, 7) is 1.76. The van der Waals surface area contributed by atoms with Crippen molar-refractivity contribution < 1.29 is 18.3 Å². The van der Waals surface area contributed by atoms with Crippen molar-refractivity contribution >= 4 is 23.2 Å². The third kappa shape index (κ3) is 3.48. The van der Waals surface area contributed by atoms with Crippen LogP contribution in [0.4, 0.5) is 13.2 Å². The molecule has 0 aliphatic rings. The molecular weight excluding hydrogens is 326 g/mol. The van der Waals surface area contributed by atoms with E-state index >= 15 is 0 Å². The third-order valence-electron chi connectivity index (χ3n) is 2.96. The first-order chi connectivity index (χ1) is 9.70. The highest BCUT2D eigenvalue weighted by molar-refractivity contribution is 6.31. The van der Waals surface area contributed by atoms with Crippen LogP contribution in [-0.4, -0.2) is 10.1 Å². The molecule has 0 radical (unpaired) electrons. The highest BCUT2D eigenvalue weighted by atomic mass is 35.5. The zero-order valence-electron chi connectivity index (χ0n) is 10.7. The standard InChI is InChI=1S/C14H10Cl2F3NO/c1-7-6-8(2-4-10(7)15)12(21)9-3-5-11(14(17,18)19)20-13(9)16/h2-6,12,21H,1H3. The molecule has 0 saturated heterocycles. The van der Waals surface area contributed by atoms with E-state index in [9.17, 15) is 18.3 Å². The first kappa shape index (κ1) is 16.1. The maximum absolute atomic E-state index is 12.5. The van der Waals surface area contributed by atoms with Gasteiger partial charge in [-0.25, -0.2) is 4.98 Å². The van der Waals surface area contributed by atoms with Gasteiger partial charge in [0, 0.05) is 10.6 Å². The van der Waals surface area contributed by atoms with Gasteiger partial charge in [0.2, 0.25) is 0 Å². The van der Waals surface area contributed by atoms with Gasteiger partial charge < -0.3 is 5.11 Å². The Kier molecular flexibility index (Phi) is 4.46. The lowest BCUT2D eigenvalue weighted by Crippen LogP contribution is -2.10. The fourth-order valence-electron chi connectivity index (χ4n) is 1.82. The summed E-state index contributed by atoms with van der Waals surface area (Å²) in [5, 5.41) is 10.4. The Morgan fingerprint density at radius 2 is 1.81 bits per heavy atom. The van der Waals surface area contributed by atoms with E-state index in [1.807, 2.05) is 0 Å². The van der Waals surface area contributed by atoms with Crippen molar-refractivity contribution in [1.82, 2.24) is 4.98 Å². The summed E-state index contributed by atoms with van der Waals surface area (Å²) in [5.74, 6) is 0. The van der Waals surface area contributed by atoms with Gasteiger partial charge in [-0.2, -0.15) is 13.2 Å². The molecule has 7 heteroatoms. The monoisotopic (exact) mass is 335 g/mol. The van der Waals surface area contributed by atoms with Gasteiger partial charge in [-0.3, -0.25) is 0 Å². The molecule has 2 rings (SSSR count). The van der Waals surface area contributed by atoms with Crippen LogP contribution in [0.15, 0.2) is 30.3 Å². The lowest BCUT2D eigenvalue weighted by atomic mass is 10.0. The summed E-state index contributed by atoms with van der Waals surface area (Å²) in [6, 6.07) is 6.72. The van der Waals surface area contributed by atoms with E-state index in [0.717, 1.165) is 17.7 Å². The van der Waals surface area contributed by atoms with Crippen molar-refractivity contribution in [2.24, 2.45) is 0 Å². The fraction of sp³-hybridized carbons (Fsp3) is 0.214. The number of pyridine rings is 1. The molecule has 1 aromatic heterocycles. The van der Waals surface area contributed by atoms with Gasteiger partial charge in [0.05, 0.1) is 0 Å². The van der Waals surface area contributed by atoms with E-state index in [4.69, 9.17) is 23.2 Å². The summed E-state index contributed by atoms with van der Waals surface area (Å²) in [6.07, 6.45) is -5.76. The Bertz CT molecular complexity index is 674. The molecule has 1 heterocycles. The van der Waals surface area contributed by atoms with Crippen LogP contribution in [0.2, 0.25) is 10.2 Å². The summed E-state index contributed by atoms with van der Waals surface area (Å²) >= 11 is 11.6. The van der Waals surface area contributed by atoms with E-state index in [2.05, 4.69) is 4.98 Å². The lowest BCUT2D eigenvalue weighted by molar-refractivity contribution is -0.141. The van der Waals surface area contributed by atoms with Gasteiger partial charge >= 0.3 is 6.18 Å². The molecule has 0 aliphatic carbocycles. The molecule has 0 spiro atoms. The van der Waals surface area contributed by atoms with Crippen LogP contribution < -0.4 is 0 Å². The van der Waals surface area contributed by atoms with E-state index in [0.29, 0.717) is 10.6 Å². The molecule has 112 valence electrons. The predicted octanol–water partition coefficient (Wildman–Crippen LogP) is 4.80. The van der Waals surface area contributed by atoms with Crippen LogP contribution in [-0.2, 0) is 6.18 Å². The number of hydrogen-bond acceptors (Lipinski definition) is 2. The Labute approximate surface area is 129 Å². The van der Waals surface area contributed by atoms with Crippen molar-refractivity contribution in [3.63, 3.8) is 0 Å². The largest absolute Gasteiger partial charge is 0.433 e. The molecular formula is C14H10Cl2F3NO. The smallest absolute Gasteiger partial charge is 0.384 e.